The van der Waals surface area contributed by atoms with Gasteiger partial charge in [0.1, 0.15) is 11.5 Å². The second kappa shape index (κ2) is 7.08. The van der Waals surface area contributed by atoms with Crippen LogP contribution in [0.2, 0.25) is 0 Å². The molecule has 0 aliphatic heterocycles. The molecule has 0 saturated heterocycles. The summed E-state index contributed by atoms with van der Waals surface area (Å²) in [6, 6.07) is 7.84. The van der Waals surface area contributed by atoms with Crippen LogP contribution >= 0.6 is 0 Å². The van der Waals surface area contributed by atoms with E-state index in [-0.39, 0.29) is 17.3 Å². The zero-order chi connectivity index (χ0) is 17.9. The van der Waals surface area contributed by atoms with Gasteiger partial charge >= 0.3 is 0 Å². The normalized spacial score (nSPS) is 11.6. The molecule has 2 heterocycles. The van der Waals surface area contributed by atoms with Crippen molar-refractivity contribution in [2.24, 2.45) is 0 Å². The van der Waals surface area contributed by atoms with Crippen molar-refractivity contribution in [3.8, 4) is 17.1 Å². The Balaban J connectivity index is 1.92. The Bertz CT molecular complexity index is 948. The van der Waals surface area contributed by atoms with E-state index in [4.69, 9.17) is 13.7 Å². The molecule has 0 aliphatic carbocycles. The van der Waals surface area contributed by atoms with Gasteiger partial charge in [0.2, 0.25) is 21.7 Å². The summed E-state index contributed by atoms with van der Waals surface area (Å²) >= 11 is 0. The first kappa shape index (κ1) is 17.2. The Labute approximate surface area is 144 Å². The lowest BCUT2D eigenvalue weighted by Gasteiger charge is -2.09. The molecule has 132 valence electrons. The molecular weight excluding hydrogens is 346 g/mol. The standard InChI is InChI=1S/C16H17N3O5S/c1-3-15-18-16(19-24-15)13-9-12(6-7-14(13)22-2)25(20,21)17-10-11-5-4-8-23-11/h4-9,17H,3,10H2,1-2H3. The van der Waals surface area contributed by atoms with Crippen LogP contribution in [-0.4, -0.2) is 25.7 Å². The molecule has 8 nitrogen and oxygen atoms in total. The maximum absolute atomic E-state index is 12.5. The lowest BCUT2D eigenvalue weighted by Crippen LogP contribution is -2.23. The fraction of sp³-hybridized carbons (Fsp3) is 0.250. The Morgan fingerprint density at radius 3 is 2.76 bits per heavy atom. The van der Waals surface area contributed by atoms with Crippen LogP contribution in [-0.2, 0) is 23.0 Å². The molecule has 0 unspecified atom stereocenters. The number of aryl methyl sites for hydroxylation is 1. The van der Waals surface area contributed by atoms with Gasteiger partial charge in [0, 0.05) is 6.42 Å². The summed E-state index contributed by atoms with van der Waals surface area (Å²) in [6.45, 7) is 1.94. The van der Waals surface area contributed by atoms with Crippen LogP contribution in [0.15, 0.2) is 50.4 Å². The summed E-state index contributed by atoms with van der Waals surface area (Å²) in [6.07, 6.45) is 2.06. The van der Waals surface area contributed by atoms with E-state index in [0.29, 0.717) is 29.4 Å². The van der Waals surface area contributed by atoms with Gasteiger partial charge < -0.3 is 13.7 Å². The van der Waals surface area contributed by atoms with Crippen LogP contribution in [0.5, 0.6) is 5.75 Å². The minimum absolute atomic E-state index is 0.0545. The average molecular weight is 363 g/mol. The van der Waals surface area contributed by atoms with Crippen LogP contribution in [0.3, 0.4) is 0 Å². The van der Waals surface area contributed by atoms with Crippen LogP contribution in [0.4, 0.5) is 0 Å². The SMILES string of the molecule is CCc1nc(-c2cc(S(=O)(=O)NCc3ccco3)ccc2OC)no1. The fourth-order valence-electron chi connectivity index (χ4n) is 2.20. The van der Waals surface area contributed by atoms with Crippen molar-refractivity contribution >= 4 is 10.0 Å². The lowest BCUT2D eigenvalue weighted by molar-refractivity contribution is 0.382. The zero-order valence-corrected chi connectivity index (χ0v) is 14.5. The molecule has 9 heteroatoms. The van der Waals surface area contributed by atoms with E-state index in [1.54, 1.807) is 18.2 Å². The Morgan fingerprint density at radius 2 is 2.12 bits per heavy atom. The first-order chi connectivity index (χ1) is 12.0. The maximum atomic E-state index is 12.5. The number of nitrogens with zero attached hydrogens (tertiary/aromatic N) is 2. The summed E-state index contributed by atoms with van der Waals surface area (Å²) in [5.74, 6) is 1.70. The molecule has 0 spiro atoms. The number of aromatic nitrogens is 2. The molecule has 0 saturated carbocycles. The predicted octanol–water partition coefficient (Wildman–Crippen LogP) is 2.38. The van der Waals surface area contributed by atoms with Gasteiger partial charge in [0.15, 0.2) is 0 Å². The number of hydrogen-bond donors (Lipinski definition) is 1. The highest BCUT2D eigenvalue weighted by atomic mass is 32.2. The van der Waals surface area contributed by atoms with E-state index in [2.05, 4.69) is 14.9 Å². The molecular formula is C16H17N3O5S. The van der Waals surface area contributed by atoms with E-state index in [9.17, 15) is 8.42 Å². The molecule has 3 aromatic rings. The van der Waals surface area contributed by atoms with Crippen molar-refractivity contribution in [2.75, 3.05) is 7.11 Å². The van der Waals surface area contributed by atoms with Crippen molar-refractivity contribution in [2.45, 2.75) is 24.8 Å². The Morgan fingerprint density at radius 1 is 1.28 bits per heavy atom. The number of furan rings is 1. The summed E-state index contributed by atoms with van der Waals surface area (Å²) in [7, 11) is -2.25. The summed E-state index contributed by atoms with van der Waals surface area (Å²) < 4.78 is 43.0. The van der Waals surface area contributed by atoms with Gasteiger partial charge in [-0.25, -0.2) is 13.1 Å². The molecule has 1 aromatic carbocycles. The van der Waals surface area contributed by atoms with Gasteiger partial charge in [-0.15, -0.1) is 0 Å². The van der Waals surface area contributed by atoms with Gasteiger partial charge in [-0.3, -0.25) is 0 Å². The number of sulfonamides is 1. The summed E-state index contributed by atoms with van der Waals surface area (Å²) in [5.41, 5.74) is 0.437. The number of ether oxygens (including phenoxy) is 1. The summed E-state index contributed by atoms with van der Waals surface area (Å²) in [4.78, 5) is 4.30. The predicted molar refractivity (Wildman–Crippen MR) is 88.4 cm³/mol. The smallest absolute Gasteiger partial charge is 0.241 e. The fourth-order valence-corrected chi connectivity index (χ4v) is 3.22. The topological polar surface area (TPSA) is 107 Å². The zero-order valence-electron chi connectivity index (χ0n) is 13.7. The second-order valence-corrected chi connectivity index (χ2v) is 6.90. The molecule has 0 atom stereocenters. The maximum Gasteiger partial charge on any atom is 0.241 e. The van der Waals surface area contributed by atoms with Crippen molar-refractivity contribution in [3.05, 3.63) is 48.2 Å². The van der Waals surface area contributed by atoms with Gasteiger partial charge in [-0.05, 0) is 30.3 Å². The number of hydrogen-bond acceptors (Lipinski definition) is 7. The first-order valence-electron chi connectivity index (χ1n) is 7.56. The number of methoxy groups -OCH3 is 1. The molecule has 0 fully saturated rings. The van der Waals surface area contributed by atoms with E-state index < -0.39 is 10.0 Å². The molecule has 0 bridgehead atoms. The van der Waals surface area contributed by atoms with Gasteiger partial charge in [-0.1, -0.05) is 12.1 Å². The highest BCUT2D eigenvalue weighted by Crippen LogP contribution is 2.30. The molecule has 2 aromatic heterocycles. The van der Waals surface area contributed by atoms with Gasteiger partial charge in [0.05, 0.1) is 30.4 Å². The monoisotopic (exact) mass is 363 g/mol. The third kappa shape index (κ3) is 3.72. The number of nitrogens with one attached hydrogen (secondary N) is 1. The van der Waals surface area contributed by atoms with Crippen LogP contribution in [0.25, 0.3) is 11.4 Å². The largest absolute Gasteiger partial charge is 0.496 e. The molecule has 0 amide bonds. The van der Waals surface area contributed by atoms with E-state index in [1.807, 2.05) is 6.92 Å². The first-order valence-corrected chi connectivity index (χ1v) is 9.05. The Hall–Kier alpha value is -2.65. The highest BCUT2D eigenvalue weighted by Gasteiger charge is 2.20. The van der Waals surface area contributed by atoms with Crippen molar-refractivity contribution in [1.82, 2.24) is 14.9 Å². The molecule has 0 aliphatic rings. The quantitative estimate of drug-likeness (QED) is 0.686. The number of rotatable bonds is 7. The Kier molecular flexibility index (Phi) is 4.86. The number of benzene rings is 1. The van der Waals surface area contributed by atoms with Crippen molar-refractivity contribution in [3.63, 3.8) is 0 Å². The van der Waals surface area contributed by atoms with Gasteiger partial charge in [-0.2, -0.15) is 4.98 Å². The average Bonchev–Trinajstić information content (AvgIpc) is 3.31. The van der Waals surface area contributed by atoms with Crippen LogP contribution in [0, 0.1) is 0 Å². The van der Waals surface area contributed by atoms with Crippen molar-refractivity contribution in [1.29, 1.82) is 0 Å². The minimum Gasteiger partial charge on any atom is -0.496 e. The lowest BCUT2D eigenvalue weighted by atomic mass is 10.2. The van der Waals surface area contributed by atoms with Crippen LogP contribution < -0.4 is 9.46 Å². The summed E-state index contributed by atoms with van der Waals surface area (Å²) in [5, 5.41) is 3.88. The molecule has 0 radical (unpaired) electrons. The van der Waals surface area contributed by atoms with E-state index in [0.717, 1.165) is 0 Å². The molecule has 1 N–H and O–H groups in total. The highest BCUT2D eigenvalue weighted by molar-refractivity contribution is 7.89. The van der Waals surface area contributed by atoms with E-state index >= 15 is 0 Å². The second-order valence-electron chi connectivity index (χ2n) is 5.13. The molecule has 3 rings (SSSR count). The van der Waals surface area contributed by atoms with Crippen molar-refractivity contribution < 1.29 is 22.1 Å². The van der Waals surface area contributed by atoms with Gasteiger partial charge in [0.25, 0.3) is 0 Å². The third-order valence-corrected chi connectivity index (χ3v) is 4.91. The molecule has 25 heavy (non-hydrogen) atoms. The third-order valence-electron chi connectivity index (χ3n) is 3.51. The van der Waals surface area contributed by atoms with Crippen LogP contribution in [0.1, 0.15) is 18.6 Å². The minimum atomic E-state index is -3.74. The van der Waals surface area contributed by atoms with E-state index in [1.165, 1.54) is 25.5 Å².